The zero-order valence-corrected chi connectivity index (χ0v) is 15.6. The number of benzene rings is 1. The highest BCUT2D eigenvalue weighted by Gasteiger charge is 2.31. The molecule has 0 saturated carbocycles. The Morgan fingerprint density at radius 3 is 2.88 bits per heavy atom. The fraction of sp³-hybridized carbons (Fsp3) is 0.444. The number of oxazole rings is 1. The third kappa shape index (κ3) is 4.10. The fourth-order valence-electron chi connectivity index (χ4n) is 2.72. The molecule has 1 aliphatic rings. The van der Waals surface area contributed by atoms with Gasteiger partial charge < -0.3 is 14.6 Å². The lowest BCUT2D eigenvalue weighted by Gasteiger charge is -2.22. The quantitative estimate of drug-likeness (QED) is 0.889. The molecule has 7 heteroatoms. The van der Waals surface area contributed by atoms with E-state index in [-0.39, 0.29) is 10.8 Å². The number of hydrogen-bond donors (Lipinski definition) is 1. The van der Waals surface area contributed by atoms with Crippen LogP contribution in [0.5, 0.6) is 0 Å². The summed E-state index contributed by atoms with van der Waals surface area (Å²) >= 11 is 0. The summed E-state index contributed by atoms with van der Waals surface area (Å²) in [5, 5.41) is 2.92. The average Bonchev–Trinajstić information content (AvgIpc) is 2.95. The maximum atomic E-state index is 12.6. The van der Waals surface area contributed by atoms with Crippen LogP contribution in [0.3, 0.4) is 0 Å². The van der Waals surface area contributed by atoms with E-state index in [9.17, 15) is 9.00 Å². The third-order valence-corrected chi connectivity index (χ3v) is 6.41. The van der Waals surface area contributed by atoms with E-state index < -0.39 is 10.8 Å². The maximum absolute atomic E-state index is 12.6. The number of carbonyl (C=O) groups excluding carboxylic acids is 1. The lowest BCUT2D eigenvalue weighted by atomic mass is 10.1. The molecule has 2 amide bonds. The Hall–Kier alpha value is -2.15. The van der Waals surface area contributed by atoms with Crippen molar-refractivity contribution in [2.45, 2.75) is 31.9 Å². The number of aromatic nitrogens is 1. The first-order chi connectivity index (χ1) is 11.8. The van der Waals surface area contributed by atoms with E-state index in [1.54, 1.807) is 11.1 Å². The summed E-state index contributed by atoms with van der Waals surface area (Å²) in [6, 6.07) is 7.24. The molecule has 1 atom stereocenters. The van der Waals surface area contributed by atoms with Crippen LogP contribution in [-0.4, -0.2) is 43.7 Å². The molecule has 134 valence electrons. The number of rotatable bonds is 2. The third-order valence-electron chi connectivity index (χ3n) is 4.42. The standard InChI is InChI=1S/C18H23N3O3S/c1-13-12-19-16(24-13)14-5-4-6-15(11-14)20-17(22)21-8-7-18(2,3)25(23)10-9-21/h4-6,11-12H,7-10H2,1-3H3,(H,20,22). The predicted molar refractivity (Wildman–Crippen MR) is 99.0 cm³/mol. The summed E-state index contributed by atoms with van der Waals surface area (Å²) < 4.78 is 17.5. The summed E-state index contributed by atoms with van der Waals surface area (Å²) in [4.78, 5) is 18.5. The molecule has 6 nitrogen and oxygen atoms in total. The van der Waals surface area contributed by atoms with Gasteiger partial charge in [-0.1, -0.05) is 6.07 Å². The van der Waals surface area contributed by atoms with Gasteiger partial charge in [-0.05, 0) is 45.4 Å². The normalized spacial score (nSPS) is 20.1. The Morgan fingerprint density at radius 2 is 2.16 bits per heavy atom. The van der Waals surface area contributed by atoms with Crippen LogP contribution in [0.25, 0.3) is 11.5 Å². The van der Waals surface area contributed by atoms with Gasteiger partial charge >= 0.3 is 6.03 Å². The second-order valence-corrected chi connectivity index (χ2v) is 9.04. The maximum Gasteiger partial charge on any atom is 0.321 e. The molecular formula is C18H23N3O3S. The van der Waals surface area contributed by atoms with Crippen LogP contribution in [0, 0.1) is 6.92 Å². The molecule has 2 aromatic rings. The summed E-state index contributed by atoms with van der Waals surface area (Å²) in [5.74, 6) is 1.78. The van der Waals surface area contributed by atoms with Crippen molar-refractivity contribution in [3.8, 4) is 11.5 Å². The molecule has 1 fully saturated rings. The highest BCUT2D eigenvalue weighted by molar-refractivity contribution is 7.86. The Bertz CT molecular complexity index is 800. The first-order valence-electron chi connectivity index (χ1n) is 8.32. The topological polar surface area (TPSA) is 75.4 Å². The number of nitrogens with one attached hydrogen (secondary N) is 1. The van der Waals surface area contributed by atoms with Crippen molar-refractivity contribution >= 4 is 22.5 Å². The first-order valence-corrected chi connectivity index (χ1v) is 9.64. The minimum absolute atomic E-state index is 0.171. The molecule has 1 aliphatic heterocycles. The Morgan fingerprint density at radius 1 is 1.36 bits per heavy atom. The van der Waals surface area contributed by atoms with E-state index in [1.807, 2.05) is 45.0 Å². The number of aryl methyl sites for hydroxylation is 1. The average molecular weight is 361 g/mol. The van der Waals surface area contributed by atoms with Crippen molar-refractivity contribution in [1.82, 2.24) is 9.88 Å². The second-order valence-electron chi connectivity index (χ2n) is 6.83. The fourth-order valence-corrected chi connectivity index (χ4v) is 3.98. The number of carbonyl (C=O) groups is 1. The predicted octanol–water partition coefficient (Wildman–Crippen LogP) is 3.41. The van der Waals surface area contributed by atoms with Crippen molar-refractivity contribution in [3.63, 3.8) is 0 Å². The molecule has 3 rings (SSSR count). The molecule has 2 heterocycles. The van der Waals surface area contributed by atoms with E-state index in [0.717, 1.165) is 17.7 Å². The first kappa shape index (κ1) is 17.7. The van der Waals surface area contributed by atoms with Crippen molar-refractivity contribution in [2.24, 2.45) is 0 Å². The number of nitrogens with zero attached hydrogens (tertiary/aromatic N) is 2. The molecule has 25 heavy (non-hydrogen) atoms. The minimum atomic E-state index is -0.920. The Kier molecular flexibility index (Phi) is 4.94. The van der Waals surface area contributed by atoms with Gasteiger partial charge in [0.25, 0.3) is 0 Å². The van der Waals surface area contributed by atoms with Gasteiger partial charge in [-0.3, -0.25) is 4.21 Å². The summed E-state index contributed by atoms with van der Waals surface area (Å²) in [5.41, 5.74) is 1.49. The van der Waals surface area contributed by atoms with E-state index in [1.165, 1.54) is 0 Å². The van der Waals surface area contributed by atoms with Gasteiger partial charge in [0.2, 0.25) is 5.89 Å². The molecular weight excluding hydrogens is 338 g/mol. The van der Waals surface area contributed by atoms with Gasteiger partial charge in [-0.25, -0.2) is 9.78 Å². The van der Waals surface area contributed by atoms with Gasteiger partial charge in [-0.15, -0.1) is 0 Å². The van der Waals surface area contributed by atoms with Crippen LogP contribution in [0.1, 0.15) is 26.0 Å². The Balaban J connectivity index is 1.70. The van der Waals surface area contributed by atoms with Crippen molar-refractivity contribution < 1.29 is 13.4 Å². The lowest BCUT2D eigenvalue weighted by molar-refractivity contribution is 0.214. The lowest BCUT2D eigenvalue weighted by Crippen LogP contribution is -2.37. The molecule has 1 aromatic carbocycles. The molecule has 0 bridgehead atoms. The molecule has 1 unspecified atom stereocenters. The Labute approximate surface area is 150 Å². The number of hydrogen-bond acceptors (Lipinski definition) is 4. The molecule has 1 N–H and O–H groups in total. The van der Waals surface area contributed by atoms with Gasteiger partial charge in [0.05, 0.1) is 6.20 Å². The van der Waals surface area contributed by atoms with Crippen molar-refractivity contribution in [3.05, 3.63) is 36.2 Å². The van der Waals surface area contributed by atoms with Crippen LogP contribution < -0.4 is 5.32 Å². The van der Waals surface area contributed by atoms with E-state index >= 15 is 0 Å². The molecule has 0 radical (unpaired) electrons. The minimum Gasteiger partial charge on any atom is -0.441 e. The van der Waals surface area contributed by atoms with Gasteiger partial charge in [-0.2, -0.15) is 0 Å². The molecule has 0 spiro atoms. The van der Waals surface area contributed by atoms with Crippen molar-refractivity contribution in [2.75, 3.05) is 24.2 Å². The zero-order valence-electron chi connectivity index (χ0n) is 14.7. The van der Waals surface area contributed by atoms with E-state index in [0.29, 0.717) is 30.4 Å². The summed E-state index contributed by atoms with van der Waals surface area (Å²) in [7, 11) is -0.920. The highest BCUT2D eigenvalue weighted by Crippen LogP contribution is 2.24. The van der Waals surface area contributed by atoms with E-state index in [2.05, 4.69) is 10.3 Å². The van der Waals surface area contributed by atoms with Gasteiger partial charge in [0, 0.05) is 45.6 Å². The van der Waals surface area contributed by atoms with E-state index in [4.69, 9.17) is 4.42 Å². The highest BCUT2D eigenvalue weighted by atomic mass is 32.2. The van der Waals surface area contributed by atoms with Crippen LogP contribution in [0.4, 0.5) is 10.5 Å². The second kappa shape index (κ2) is 7.00. The van der Waals surface area contributed by atoms with Crippen LogP contribution in [0.15, 0.2) is 34.9 Å². The molecule has 1 aromatic heterocycles. The largest absolute Gasteiger partial charge is 0.441 e. The van der Waals surface area contributed by atoms with Gasteiger partial charge in [0.15, 0.2) is 0 Å². The molecule has 0 aliphatic carbocycles. The summed E-state index contributed by atoms with van der Waals surface area (Å²) in [6.07, 6.45) is 2.39. The smallest absolute Gasteiger partial charge is 0.321 e. The number of amides is 2. The van der Waals surface area contributed by atoms with Crippen LogP contribution >= 0.6 is 0 Å². The van der Waals surface area contributed by atoms with Crippen LogP contribution in [0.2, 0.25) is 0 Å². The van der Waals surface area contributed by atoms with Gasteiger partial charge in [0.1, 0.15) is 5.76 Å². The molecule has 1 saturated heterocycles. The zero-order chi connectivity index (χ0) is 18.0. The number of anilines is 1. The SMILES string of the molecule is Cc1cnc(-c2cccc(NC(=O)N3CCS(=O)C(C)(C)CC3)c2)o1. The van der Waals surface area contributed by atoms with Crippen LogP contribution in [-0.2, 0) is 10.8 Å². The monoisotopic (exact) mass is 361 g/mol. The van der Waals surface area contributed by atoms with Crippen molar-refractivity contribution in [1.29, 1.82) is 0 Å². The number of urea groups is 1. The summed E-state index contributed by atoms with van der Waals surface area (Å²) in [6.45, 7) is 6.93.